The van der Waals surface area contributed by atoms with Gasteiger partial charge in [-0.1, -0.05) is 6.07 Å². The molecule has 21 heavy (non-hydrogen) atoms. The van der Waals surface area contributed by atoms with Gasteiger partial charge in [-0.3, -0.25) is 4.79 Å². The first-order valence-electron chi connectivity index (χ1n) is 7.19. The van der Waals surface area contributed by atoms with Gasteiger partial charge in [0.25, 0.3) is 0 Å². The minimum atomic E-state index is 0.606. The minimum Gasteiger partial charge on any atom is -0.486 e. The summed E-state index contributed by atoms with van der Waals surface area (Å²) in [6.07, 6.45) is 1.81. The van der Waals surface area contributed by atoms with Gasteiger partial charge < -0.3 is 14.0 Å². The zero-order valence-corrected chi connectivity index (χ0v) is 12.4. The number of hydrogen-bond donors (Lipinski definition) is 0. The molecule has 1 aromatic carbocycles. The molecule has 0 amide bonds. The highest BCUT2D eigenvalue weighted by molar-refractivity contribution is 5.77. The average molecular weight is 285 g/mol. The third-order valence-corrected chi connectivity index (χ3v) is 3.97. The smallest absolute Gasteiger partial charge is 0.161 e. The molecule has 0 N–H and O–H groups in total. The zero-order chi connectivity index (χ0) is 14.8. The molecule has 0 bridgehead atoms. The number of benzene rings is 1. The molecule has 0 saturated heterocycles. The molecule has 0 fully saturated rings. The summed E-state index contributed by atoms with van der Waals surface area (Å²) in [7, 11) is 0. The number of nitrogens with zero attached hydrogens (tertiary/aromatic N) is 1. The summed E-state index contributed by atoms with van der Waals surface area (Å²) in [5.41, 5.74) is 4.13. The molecule has 0 atom stereocenters. The molecule has 0 aliphatic carbocycles. The monoisotopic (exact) mass is 285 g/mol. The van der Waals surface area contributed by atoms with Crippen molar-refractivity contribution in [1.82, 2.24) is 4.57 Å². The van der Waals surface area contributed by atoms with Crippen molar-refractivity contribution in [2.45, 2.75) is 26.8 Å². The number of hydrogen-bond acceptors (Lipinski definition) is 3. The lowest BCUT2D eigenvalue weighted by molar-refractivity contribution is 0.112. The number of aryl methyl sites for hydroxylation is 2. The van der Waals surface area contributed by atoms with Gasteiger partial charge in [-0.15, -0.1) is 0 Å². The van der Waals surface area contributed by atoms with Gasteiger partial charge in [0.05, 0.1) is 0 Å². The van der Waals surface area contributed by atoms with Gasteiger partial charge in [0.2, 0.25) is 0 Å². The molecule has 0 radical (unpaired) electrons. The Balaban J connectivity index is 1.76. The van der Waals surface area contributed by atoms with Crippen LogP contribution in [0.5, 0.6) is 11.5 Å². The Morgan fingerprint density at radius 1 is 1.14 bits per heavy atom. The highest BCUT2D eigenvalue weighted by Gasteiger charge is 2.12. The maximum absolute atomic E-state index is 11.0. The number of ether oxygens (including phenoxy) is 2. The zero-order valence-electron chi connectivity index (χ0n) is 12.4. The standard InChI is InChI=1S/C17H19NO3/c1-12-9-15(11-19)13(2)18(12)6-5-14-3-4-16-17(10-14)21-8-7-20-16/h3-4,9-11H,5-8H2,1-2H3. The summed E-state index contributed by atoms with van der Waals surface area (Å²) in [6, 6.07) is 8.02. The van der Waals surface area contributed by atoms with E-state index >= 15 is 0 Å². The van der Waals surface area contributed by atoms with Crippen LogP contribution in [-0.4, -0.2) is 24.1 Å². The predicted molar refractivity (Wildman–Crippen MR) is 80.4 cm³/mol. The highest BCUT2D eigenvalue weighted by atomic mass is 16.6. The lowest BCUT2D eigenvalue weighted by Crippen LogP contribution is -2.15. The van der Waals surface area contributed by atoms with Crippen LogP contribution in [0.3, 0.4) is 0 Å². The SMILES string of the molecule is Cc1cc(C=O)c(C)n1CCc1ccc2c(c1)OCCO2. The van der Waals surface area contributed by atoms with Gasteiger partial charge in [-0.25, -0.2) is 0 Å². The number of carbonyl (C=O) groups is 1. The fourth-order valence-electron chi connectivity index (χ4n) is 2.78. The molecular weight excluding hydrogens is 266 g/mol. The van der Waals surface area contributed by atoms with E-state index in [1.807, 2.05) is 32.0 Å². The van der Waals surface area contributed by atoms with E-state index in [0.717, 1.165) is 47.7 Å². The summed E-state index contributed by atoms with van der Waals surface area (Å²) in [5.74, 6) is 1.65. The van der Waals surface area contributed by atoms with Crippen LogP contribution in [-0.2, 0) is 13.0 Å². The molecule has 1 aliphatic rings. The fraction of sp³-hybridized carbons (Fsp3) is 0.353. The minimum absolute atomic E-state index is 0.606. The predicted octanol–water partition coefficient (Wildman–Crippen LogP) is 2.93. The number of aldehydes is 1. The first kappa shape index (κ1) is 13.7. The van der Waals surface area contributed by atoms with Crippen LogP contribution in [0.1, 0.15) is 27.3 Å². The Hall–Kier alpha value is -2.23. The Labute approximate surface area is 124 Å². The van der Waals surface area contributed by atoms with Crippen molar-refractivity contribution in [2.24, 2.45) is 0 Å². The summed E-state index contributed by atoms with van der Waals surface area (Å²) < 4.78 is 13.3. The third-order valence-electron chi connectivity index (χ3n) is 3.97. The van der Waals surface area contributed by atoms with Gasteiger partial charge in [-0.2, -0.15) is 0 Å². The molecule has 0 unspecified atom stereocenters. The van der Waals surface area contributed by atoms with Crippen LogP contribution >= 0.6 is 0 Å². The van der Waals surface area contributed by atoms with Crippen molar-refractivity contribution in [3.8, 4) is 11.5 Å². The normalized spacial score (nSPS) is 13.2. The van der Waals surface area contributed by atoms with Crippen molar-refractivity contribution in [3.63, 3.8) is 0 Å². The van der Waals surface area contributed by atoms with Gasteiger partial charge >= 0.3 is 0 Å². The van der Waals surface area contributed by atoms with Crippen molar-refractivity contribution >= 4 is 6.29 Å². The molecule has 110 valence electrons. The van der Waals surface area contributed by atoms with Gasteiger partial charge in [0, 0.05) is 23.5 Å². The number of rotatable bonds is 4. The Morgan fingerprint density at radius 3 is 2.62 bits per heavy atom. The average Bonchev–Trinajstić information content (AvgIpc) is 2.79. The van der Waals surface area contributed by atoms with E-state index < -0.39 is 0 Å². The van der Waals surface area contributed by atoms with Crippen LogP contribution in [0.25, 0.3) is 0 Å². The number of fused-ring (bicyclic) bond motifs is 1. The van der Waals surface area contributed by atoms with E-state index in [4.69, 9.17) is 9.47 Å². The van der Waals surface area contributed by atoms with E-state index in [9.17, 15) is 4.79 Å². The van der Waals surface area contributed by atoms with E-state index in [2.05, 4.69) is 10.6 Å². The summed E-state index contributed by atoms with van der Waals surface area (Å²) >= 11 is 0. The Morgan fingerprint density at radius 2 is 1.90 bits per heavy atom. The van der Waals surface area contributed by atoms with E-state index in [1.54, 1.807) is 0 Å². The molecule has 4 nitrogen and oxygen atoms in total. The summed E-state index contributed by atoms with van der Waals surface area (Å²) in [5, 5.41) is 0. The summed E-state index contributed by atoms with van der Waals surface area (Å²) in [4.78, 5) is 11.0. The molecule has 3 rings (SSSR count). The van der Waals surface area contributed by atoms with E-state index in [-0.39, 0.29) is 0 Å². The Kier molecular flexibility index (Phi) is 3.69. The third kappa shape index (κ3) is 2.66. The van der Waals surface area contributed by atoms with E-state index in [1.165, 1.54) is 5.56 Å². The Bertz CT molecular complexity index is 673. The van der Waals surface area contributed by atoms with E-state index in [0.29, 0.717) is 13.2 Å². The molecule has 0 spiro atoms. The van der Waals surface area contributed by atoms with Crippen molar-refractivity contribution in [2.75, 3.05) is 13.2 Å². The van der Waals surface area contributed by atoms with Crippen LogP contribution in [0.15, 0.2) is 24.3 Å². The molecular formula is C17H19NO3. The second-order valence-electron chi connectivity index (χ2n) is 5.32. The molecule has 0 saturated carbocycles. The van der Waals surface area contributed by atoms with Crippen molar-refractivity contribution < 1.29 is 14.3 Å². The van der Waals surface area contributed by atoms with Crippen LogP contribution in [0.2, 0.25) is 0 Å². The second-order valence-corrected chi connectivity index (χ2v) is 5.32. The first-order chi connectivity index (χ1) is 10.2. The fourth-order valence-corrected chi connectivity index (χ4v) is 2.78. The largest absolute Gasteiger partial charge is 0.486 e. The maximum atomic E-state index is 11.0. The number of aromatic nitrogens is 1. The number of carbonyl (C=O) groups excluding carboxylic acids is 1. The van der Waals surface area contributed by atoms with Gasteiger partial charge in [0.15, 0.2) is 17.8 Å². The van der Waals surface area contributed by atoms with Crippen LogP contribution in [0, 0.1) is 13.8 Å². The lowest BCUT2D eigenvalue weighted by Gasteiger charge is -2.19. The van der Waals surface area contributed by atoms with Gasteiger partial charge in [0.1, 0.15) is 13.2 Å². The topological polar surface area (TPSA) is 40.5 Å². The molecule has 4 heteroatoms. The highest BCUT2D eigenvalue weighted by Crippen LogP contribution is 2.31. The lowest BCUT2D eigenvalue weighted by atomic mass is 10.1. The van der Waals surface area contributed by atoms with Crippen molar-refractivity contribution in [1.29, 1.82) is 0 Å². The summed E-state index contributed by atoms with van der Waals surface area (Å²) in [6.45, 7) is 6.09. The second kappa shape index (κ2) is 5.64. The molecule has 1 aromatic heterocycles. The first-order valence-corrected chi connectivity index (χ1v) is 7.19. The molecule has 2 heterocycles. The quantitative estimate of drug-likeness (QED) is 0.811. The molecule has 1 aliphatic heterocycles. The van der Waals surface area contributed by atoms with Gasteiger partial charge in [-0.05, 0) is 44.0 Å². The van der Waals surface area contributed by atoms with Crippen LogP contribution < -0.4 is 9.47 Å². The maximum Gasteiger partial charge on any atom is 0.161 e. The molecule has 2 aromatic rings. The van der Waals surface area contributed by atoms with Crippen molar-refractivity contribution in [3.05, 3.63) is 46.8 Å². The van der Waals surface area contributed by atoms with Crippen LogP contribution in [0.4, 0.5) is 0 Å².